The third kappa shape index (κ3) is 15.4. The van der Waals surface area contributed by atoms with Crippen molar-refractivity contribution >= 4 is 5.97 Å². The molecule has 0 heterocycles. The van der Waals surface area contributed by atoms with Crippen LogP contribution in [0.15, 0.2) is 57.9 Å². The molecule has 0 spiro atoms. The summed E-state index contributed by atoms with van der Waals surface area (Å²) in [6, 6.07) is 0. The van der Waals surface area contributed by atoms with Gasteiger partial charge in [-0.1, -0.05) is 46.6 Å². The van der Waals surface area contributed by atoms with Crippen molar-refractivity contribution in [3.8, 4) is 0 Å². The van der Waals surface area contributed by atoms with Crippen LogP contribution in [0.25, 0.3) is 0 Å². The maximum atomic E-state index is 12.2. The van der Waals surface area contributed by atoms with Crippen molar-refractivity contribution in [3.63, 3.8) is 0 Å². The molecular formula is C39H62O3. The Balaban J connectivity index is 1.16. The van der Waals surface area contributed by atoms with Crippen molar-refractivity contribution in [2.24, 2.45) is 11.8 Å². The number of rotatable bonds is 20. The maximum absolute atomic E-state index is 12.2. The second kappa shape index (κ2) is 20.0. The molecule has 3 rings (SSSR count). The van der Waals surface area contributed by atoms with Crippen LogP contribution in [-0.2, 0) is 14.3 Å². The van der Waals surface area contributed by atoms with E-state index >= 15 is 0 Å². The Hall–Kier alpha value is -2.03. The molecule has 42 heavy (non-hydrogen) atoms. The number of unbranched alkanes of at least 4 members (excludes halogenated alkanes) is 3. The Labute approximate surface area is 259 Å². The molecular weight excluding hydrogens is 516 g/mol. The first kappa shape index (κ1) is 34.5. The lowest BCUT2D eigenvalue weighted by Crippen LogP contribution is -2.11. The number of allylic oxidation sites excluding steroid dienone is 10. The lowest BCUT2D eigenvalue weighted by molar-refractivity contribution is -0.144. The van der Waals surface area contributed by atoms with Crippen molar-refractivity contribution in [1.29, 1.82) is 0 Å². The number of esters is 1. The molecule has 1 saturated carbocycles. The smallest absolute Gasteiger partial charge is 0.305 e. The van der Waals surface area contributed by atoms with Crippen LogP contribution in [-0.4, -0.2) is 19.2 Å². The van der Waals surface area contributed by atoms with Crippen molar-refractivity contribution in [2.45, 2.75) is 156 Å². The van der Waals surface area contributed by atoms with Gasteiger partial charge in [0.15, 0.2) is 0 Å². The molecule has 0 bridgehead atoms. The summed E-state index contributed by atoms with van der Waals surface area (Å²) >= 11 is 0. The summed E-state index contributed by atoms with van der Waals surface area (Å²) < 4.78 is 11.8. The largest absolute Gasteiger partial charge is 0.498 e. The summed E-state index contributed by atoms with van der Waals surface area (Å²) in [5, 5.41) is 0. The van der Waals surface area contributed by atoms with E-state index in [2.05, 4.69) is 52.0 Å². The van der Waals surface area contributed by atoms with Crippen LogP contribution in [0.2, 0.25) is 0 Å². The minimum Gasteiger partial charge on any atom is -0.498 e. The Morgan fingerprint density at radius 2 is 1.24 bits per heavy atom. The Kier molecular flexibility index (Phi) is 16.4. The van der Waals surface area contributed by atoms with E-state index in [1.165, 1.54) is 87.5 Å². The molecule has 2 atom stereocenters. The lowest BCUT2D eigenvalue weighted by atomic mass is 9.85. The lowest BCUT2D eigenvalue weighted by Gasteiger charge is -2.22. The molecule has 0 amide bonds. The minimum atomic E-state index is -0.00854. The average Bonchev–Trinajstić information content (AvgIpc) is 3.81. The molecule has 0 saturated heterocycles. The third-order valence-corrected chi connectivity index (χ3v) is 9.27. The van der Waals surface area contributed by atoms with Gasteiger partial charge in [0, 0.05) is 12.8 Å². The third-order valence-electron chi connectivity index (χ3n) is 9.27. The highest BCUT2D eigenvalue weighted by Gasteiger charge is 2.21. The molecule has 0 N–H and O–H groups in total. The topological polar surface area (TPSA) is 35.5 Å². The van der Waals surface area contributed by atoms with Gasteiger partial charge in [-0.25, -0.2) is 0 Å². The fourth-order valence-corrected chi connectivity index (χ4v) is 6.32. The number of ether oxygens (including phenoxy) is 2. The van der Waals surface area contributed by atoms with Crippen LogP contribution in [0.5, 0.6) is 0 Å². The van der Waals surface area contributed by atoms with Crippen LogP contribution < -0.4 is 0 Å². The van der Waals surface area contributed by atoms with E-state index in [4.69, 9.17) is 9.47 Å². The maximum Gasteiger partial charge on any atom is 0.305 e. The van der Waals surface area contributed by atoms with Crippen molar-refractivity contribution in [3.05, 3.63) is 57.9 Å². The van der Waals surface area contributed by atoms with Crippen LogP contribution in [0.1, 0.15) is 156 Å². The van der Waals surface area contributed by atoms with Gasteiger partial charge < -0.3 is 9.47 Å². The summed E-state index contributed by atoms with van der Waals surface area (Å²) in [5.74, 6) is 2.78. The molecule has 2 unspecified atom stereocenters. The Morgan fingerprint density at radius 3 is 1.71 bits per heavy atom. The van der Waals surface area contributed by atoms with Gasteiger partial charge in [0.05, 0.1) is 19.0 Å². The molecule has 236 valence electrons. The molecule has 0 radical (unpaired) electrons. The van der Waals surface area contributed by atoms with Crippen molar-refractivity contribution in [2.75, 3.05) is 13.2 Å². The average molecular weight is 579 g/mol. The Morgan fingerprint density at radius 1 is 0.714 bits per heavy atom. The summed E-state index contributed by atoms with van der Waals surface area (Å²) in [7, 11) is 0. The van der Waals surface area contributed by atoms with E-state index in [1.807, 2.05) is 0 Å². The minimum absolute atomic E-state index is 0.00854. The number of hydrogen-bond acceptors (Lipinski definition) is 3. The van der Waals surface area contributed by atoms with E-state index in [0.717, 1.165) is 63.9 Å². The highest BCUT2D eigenvalue weighted by molar-refractivity contribution is 5.69. The van der Waals surface area contributed by atoms with Crippen molar-refractivity contribution in [1.82, 2.24) is 0 Å². The SMILES string of the molecule is CC(C)=CCCC1=CCC(CCC(=O)OCCCCCCOC(CCC2CC=C(CCC=C(C)C)CC2)=C2CC2)CC1. The molecule has 1 fully saturated rings. The first-order chi connectivity index (χ1) is 20.4. The molecule has 0 aromatic heterocycles. The molecule has 0 aromatic rings. The second-order valence-corrected chi connectivity index (χ2v) is 13.7. The van der Waals surface area contributed by atoms with Gasteiger partial charge in [-0.3, -0.25) is 4.79 Å². The van der Waals surface area contributed by atoms with Gasteiger partial charge in [-0.05, 0) is 161 Å². The van der Waals surface area contributed by atoms with E-state index in [1.54, 1.807) is 16.7 Å². The number of carbonyl (C=O) groups is 1. The summed E-state index contributed by atoms with van der Waals surface area (Å²) in [6.07, 6.45) is 32.7. The normalized spacial score (nSPS) is 19.9. The predicted molar refractivity (Wildman–Crippen MR) is 178 cm³/mol. The highest BCUT2D eigenvalue weighted by atomic mass is 16.5. The predicted octanol–water partition coefficient (Wildman–Crippen LogP) is 11.7. The standard InChI is InChI=1S/C39H62O3/c1-31(2)11-9-13-33-15-19-35(20-16-33)23-27-38(37-25-26-37)41-29-7-5-6-8-30-42-39(40)28-24-36-21-17-34(18-22-36)14-10-12-32(3)4/h11-12,15,17,35-36H,5-10,13-14,16,18-30H2,1-4H3. The zero-order valence-electron chi connectivity index (χ0n) is 27.7. The first-order valence-corrected chi connectivity index (χ1v) is 17.5. The van der Waals surface area contributed by atoms with E-state index in [9.17, 15) is 4.79 Å². The zero-order chi connectivity index (χ0) is 30.0. The quantitative estimate of drug-likeness (QED) is 0.0624. The van der Waals surface area contributed by atoms with Gasteiger partial charge in [-0.2, -0.15) is 0 Å². The molecule has 0 aromatic carbocycles. The zero-order valence-corrected chi connectivity index (χ0v) is 27.7. The summed E-state index contributed by atoms with van der Waals surface area (Å²) in [6.45, 7) is 10.1. The van der Waals surface area contributed by atoms with E-state index in [0.29, 0.717) is 18.9 Å². The molecule has 0 aliphatic heterocycles. The Bertz CT molecular complexity index is 962. The number of carbonyl (C=O) groups excluding carboxylic acids is 1. The highest BCUT2D eigenvalue weighted by Crippen LogP contribution is 2.37. The number of hydrogen-bond donors (Lipinski definition) is 0. The van der Waals surface area contributed by atoms with E-state index < -0.39 is 0 Å². The van der Waals surface area contributed by atoms with Gasteiger partial charge in [0.25, 0.3) is 0 Å². The van der Waals surface area contributed by atoms with Gasteiger partial charge in [0.1, 0.15) is 0 Å². The second-order valence-electron chi connectivity index (χ2n) is 13.7. The van der Waals surface area contributed by atoms with E-state index in [-0.39, 0.29) is 5.97 Å². The monoisotopic (exact) mass is 578 g/mol. The van der Waals surface area contributed by atoms with Gasteiger partial charge in [0.2, 0.25) is 0 Å². The summed E-state index contributed by atoms with van der Waals surface area (Å²) in [5.41, 5.74) is 7.69. The molecule has 3 heteroatoms. The van der Waals surface area contributed by atoms with Crippen LogP contribution in [0, 0.1) is 11.8 Å². The fourth-order valence-electron chi connectivity index (χ4n) is 6.32. The van der Waals surface area contributed by atoms with Gasteiger partial charge in [-0.15, -0.1) is 0 Å². The fraction of sp³-hybridized carbons (Fsp3) is 0.718. The van der Waals surface area contributed by atoms with Gasteiger partial charge >= 0.3 is 5.97 Å². The van der Waals surface area contributed by atoms with Crippen LogP contribution in [0.4, 0.5) is 0 Å². The molecule has 3 nitrogen and oxygen atoms in total. The molecule has 3 aliphatic rings. The van der Waals surface area contributed by atoms with Crippen LogP contribution in [0.3, 0.4) is 0 Å². The first-order valence-electron chi connectivity index (χ1n) is 17.5. The molecule has 3 aliphatic carbocycles. The summed E-state index contributed by atoms with van der Waals surface area (Å²) in [4.78, 5) is 12.2. The van der Waals surface area contributed by atoms with Crippen LogP contribution >= 0.6 is 0 Å². The van der Waals surface area contributed by atoms with Crippen molar-refractivity contribution < 1.29 is 14.3 Å².